The van der Waals surface area contributed by atoms with Crippen molar-refractivity contribution in [3.63, 3.8) is 0 Å². The van der Waals surface area contributed by atoms with E-state index in [1.54, 1.807) is 24.2 Å². The van der Waals surface area contributed by atoms with Crippen LogP contribution in [0.15, 0.2) is 29.4 Å². The van der Waals surface area contributed by atoms with E-state index in [2.05, 4.69) is 10.3 Å². The van der Waals surface area contributed by atoms with Gasteiger partial charge in [-0.25, -0.2) is 0 Å². The zero-order valence-corrected chi connectivity index (χ0v) is 10.7. The summed E-state index contributed by atoms with van der Waals surface area (Å²) in [5.41, 5.74) is 4.97. The number of amides is 1. The van der Waals surface area contributed by atoms with Gasteiger partial charge in [-0.15, -0.1) is 11.8 Å². The van der Waals surface area contributed by atoms with Crippen LogP contribution in [-0.2, 0) is 4.79 Å². The standard InChI is InChI=1S/C12H17N3OS/c1-14-12(11(13)16)5-2-10(8-12)17-9-3-6-15-7-4-9/h3-4,6-7,10,14H,2,5,8H2,1H3,(H2,13,16). The predicted molar refractivity (Wildman–Crippen MR) is 68.7 cm³/mol. The quantitative estimate of drug-likeness (QED) is 0.843. The zero-order valence-electron chi connectivity index (χ0n) is 9.85. The smallest absolute Gasteiger partial charge is 0.237 e. The third-order valence-corrected chi connectivity index (χ3v) is 4.65. The second-order valence-electron chi connectivity index (χ2n) is 4.36. The number of nitrogens with one attached hydrogen (secondary N) is 1. The van der Waals surface area contributed by atoms with Gasteiger partial charge in [0.15, 0.2) is 0 Å². The zero-order chi connectivity index (χ0) is 12.3. The Morgan fingerprint density at radius 1 is 1.59 bits per heavy atom. The molecule has 1 amide bonds. The maximum Gasteiger partial charge on any atom is 0.237 e. The first-order valence-electron chi connectivity index (χ1n) is 5.72. The molecule has 1 aliphatic carbocycles. The van der Waals surface area contributed by atoms with Crippen LogP contribution in [0.2, 0.25) is 0 Å². The maximum absolute atomic E-state index is 11.5. The van der Waals surface area contributed by atoms with E-state index in [1.807, 2.05) is 19.2 Å². The highest BCUT2D eigenvalue weighted by atomic mass is 32.2. The van der Waals surface area contributed by atoms with Crippen LogP contribution in [0.4, 0.5) is 0 Å². The Morgan fingerprint density at radius 3 is 2.82 bits per heavy atom. The normalized spacial score (nSPS) is 28.2. The van der Waals surface area contributed by atoms with Gasteiger partial charge in [0, 0.05) is 22.5 Å². The van der Waals surface area contributed by atoms with E-state index in [9.17, 15) is 4.79 Å². The fourth-order valence-corrected chi connectivity index (χ4v) is 3.55. The van der Waals surface area contributed by atoms with Gasteiger partial charge < -0.3 is 11.1 Å². The summed E-state index contributed by atoms with van der Waals surface area (Å²) in [6, 6.07) is 3.99. The lowest BCUT2D eigenvalue weighted by atomic mass is 9.97. The average Bonchev–Trinajstić information content (AvgIpc) is 2.75. The minimum Gasteiger partial charge on any atom is -0.368 e. The molecule has 1 aromatic heterocycles. The fraction of sp³-hybridized carbons (Fsp3) is 0.500. The van der Waals surface area contributed by atoms with Crippen LogP contribution in [0, 0.1) is 0 Å². The molecule has 2 atom stereocenters. The number of primary amides is 1. The Kier molecular flexibility index (Phi) is 3.69. The lowest BCUT2D eigenvalue weighted by molar-refractivity contribution is -0.124. The first kappa shape index (κ1) is 12.4. The van der Waals surface area contributed by atoms with Crippen molar-refractivity contribution >= 4 is 17.7 Å². The van der Waals surface area contributed by atoms with E-state index < -0.39 is 5.54 Å². The molecule has 1 aliphatic rings. The third kappa shape index (κ3) is 2.61. The molecule has 1 aromatic rings. The highest BCUT2D eigenvalue weighted by Gasteiger charge is 2.42. The second-order valence-corrected chi connectivity index (χ2v) is 5.74. The van der Waals surface area contributed by atoms with Crippen molar-refractivity contribution in [2.24, 2.45) is 5.73 Å². The molecular formula is C12H17N3OS. The Balaban J connectivity index is 2.01. The number of thioether (sulfide) groups is 1. The van der Waals surface area contributed by atoms with Crippen LogP contribution in [0.3, 0.4) is 0 Å². The largest absolute Gasteiger partial charge is 0.368 e. The highest BCUT2D eigenvalue weighted by molar-refractivity contribution is 8.00. The van der Waals surface area contributed by atoms with Gasteiger partial charge in [-0.1, -0.05) is 0 Å². The number of pyridine rings is 1. The van der Waals surface area contributed by atoms with E-state index in [1.165, 1.54) is 4.90 Å². The molecular weight excluding hydrogens is 234 g/mol. The summed E-state index contributed by atoms with van der Waals surface area (Å²) in [5.74, 6) is -0.238. The molecule has 2 rings (SSSR count). The van der Waals surface area contributed by atoms with Crippen LogP contribution in [0.1, 0.15) is 19.3 Å². The Hall–Kier alpha value is -1.07. The van der Waals surface area contributed by atoms with Gasteiger partial charge in [0.25, 0.3) is 0 Å². The van der Waals surface area contributed by atoms with Gasteiger partial charge in [-0.3, -0.25) is 9.78 Å². The van der Waals surface area contributed by atoms with Crippen molar-refractivity contribution in [1.29, 1.82) is 0 Å². The van der Waals surface area contributed by atoms with Crippen molar-refractivity contribution in [3.8, 4) is 0 Å². The molecule has 0 radical (unpaired) electrons. The molecule has 1 heterocycles. The SMILES string of the molecule is CNC1(C(N)=O)CCC(Sc2ccncc2)C1. The van der Waals surface area contributed by atoms with Gasteiger partial charge in [0.05, 0.1) is 5.54 Å². The van der Waals surface area contributed by atoms with Crippen LogP contribution in [-0.4, -0.2) is 28.7 Å². The number of rotatable bonds is 4. The Morgan fingerprint density at radius 2 is 2.29 bits per heavy atom. The van der Waals surface area contributed by atoms with Gasteiger partial charge in [0.1, 0.15) is 0 Å². The number of carbonyl (C=O) groups excluding carboxylic acids is 1. The van der Waals surface area contributed by atoms with Crippen LogP contribution in [0.5, 0.6) is 0 Å². The minimum absolute atomic E-state index is 0.238. The first-order valence-corrected chi connectivity index (χ1v) is 6.60. The van der Waals surface area contributed by atoms with E-state index in [-0.39, 0.29) is 5.91 Å². The number of hydrogen-bond donors (Lipinski definition) is 2. The summed E-state index contributed by atoms with van der Waals surface area (Å²) in [4.78, 5) is 16.7. The number of likely N-dealkylation sites (N-methyl/N-ethyl adjacent to an activating group) is 1. The average molecular weight is 251 g/mol. The van der Waals surface area contributed by atoms with E-state index >= 15 is 0 Å². The molecule has 0 aliphatic heterocycles. The number of nitrogens with two attached hydrogens (primary N) is 1. The van der Waals surface area contributed by atoms with Crippen molar-refractivity contribution in [3.05, 3.63) is 24.5 Å². The maximum atomic E-state index is 11.5. The number of carbonyl (C=O) groups is 1. The monoisotopic (exact) mass is 251 g/mol. The van der Waals surface area contributed by atoms with Gasteiger partial charge >= 0.3 is 0 Å². The summed E-state index contributed by atoms with van der Waals surface area (Å²) in [5, 5.41) is 3.53. The van der Waals surface area contributed by atoms with E-state index in [0.29, 0.717) is 5.25 Å². The summed E-state index contributed by atoms with van der Waals surface area (Å²) in [7, 11) is 1.81. The van der Waals surface area contributed by atoms with E-state index in [0.717, 1.165) is 19.3 Å². The first-order chi connectivity index (χ1) is 8.16. The van der Waals surface area contributed by atoms with Gasteiger partial charge in [-0.05, 0) is 38.4 Å². The predicted octanol–water partition coefficient (Wildman–Crippen LogP) is 1.17. The second kappa shape index (κ2) is 5.06. The highest BCUT2D eigenvalue weighted by Crippen LogP contribution is 2.39. The lowest BCUT2D eigenvalue weighted by Crippen LogP contribution is -2.52. The molecule has 0 aromatic carbocycles. The molecule has 4 nitrogen and oxygen atoms in total. The van der Waals surface area contributed by atoms with Crippen LogP contribution in [0.25, 0.3) is 0 Å². The minimum atomic E-state index is -0.509. The summed E-state index contributed by atoms with van der Waals surface area (Å²) in [6.07, 6.45) is 6.21. The molecule has 0 saturated heterocycles. The molecule has 0 spiro atoms. The molecule has 5 heteroatoms. The molecule has 1 fully saturated rings. The number of aromatic nitrogens is 1. The summed E-state index contributed by atoms with van der Waals surface area (Å²) >= 11 is 1.80. The number of nitrogens with zero attached hydrogens (tertiary/aromatic N) is 1. The molecule has 0 bridgehead atoms. The van der Waals surface area contributed by atoms with Crippen molar-refractivity contribution in [2.75, 3.05) is 7.05 Å². The molecule has 17 heavy (non-hydrogen) atoms. The Labute approximate surface area is 105 Å². The molecule has 2 unspecified atom stereocenters. The van der Waals surface area contributed by atoms with Gasteiger partial charge in [0.2, 0.25) is 5.91 Å². The van der Waals surface area contributed by atoms with E-state index in [4.69, 9.17) is 5.73 Å². The van der Waals surface area contributed by atoms with Crippen molar-refractivity contribution in [2.45, 2.75) is 34.9 Å². The number of hydrogen-bond acceptors (Lipinski definition) is 4. The van der Waals surface area contributed by atoms with Crippen LogP contribution >= 0.6 is 11.8 Å². The van der Waals surface area contributed by atoms with Crippen molar-refractivity contribution in [1.82, 2.24) is 10.3 Å². The third-order valence-electron chi connectivity index (χ3n) is 3.37. The van der Waals surface area contributed by atoms with Crippen molar-refractivity contribution < 1.29 is 4.79 Å². The molecule has 92 valence electrons. The topological polar surface area (TPSA) is 68.0 Å². The Bertz CT molecular complexity index is 398. The van der Waals surface area contributed by atoms with Crippen LogP contribution < -0.4 is 11.1 Å². The molecule has 3 N–H and O–H groups in total. The fourth-order valence-electron chi connectivity index (χ4n) is 2.28. The van der Waals surface area contributed by atoms with Gasteiger partial charge in [-0.2, -0.15) is 0 Å². The summed E-state index contributed by atoms with van der Waals surface area (Å²) < 4.78 is 0. The summed E-state index contributed by atoms with van der Waals surface area (Å²) in [6.45, 7) is 0. The molecule has 1 saturated carbocycles. The lowest BCUT2D eigenvalue weighted by Gasteiger charge is -2.24.